The molecule has 26 nitrogen and oxygen atoms in total. The Morgan fingerprint density at radius 3 is 1.02 bits per heavy atom. The molecule has 28 heteroatoms. The van der Waals surface area contributed by atoms with E-state index in [4.69, 9.17) is 18.9 Å². The number of rotatable bonds is 35. The molecule has 14 N–H and O–H groups in total. The van der Waals surface area contributed by atoms with Crippen LogP contribution in [0.2, 0.25) is 0 Å². The zero-order valence-electron chi connectivity index (χ0n) is 55.0. The average molecular weight is 1420 g/mol. The Bertz CT molecular complexity index is 3460. The Hall–Kier alpha value is -8.62. The molecule has 534 valence electrons. The number of amides is 6. The summed E-state index contributed by atoms with van der Waals surface area (Å²) in [5.41, 5.74) is 6.61. The largest absolute Gasteiger partial charge is 0.477 e. The fourth-order valence-electron chi connectivity index (χ4n) is 11.4. The summed E-state index contributed by atoms with van der Waals surface area (Å²) in [5, 5.41) is 103. The van der Waals surface area contributed by atoms with E-state index >= 15 is 0 Å². The van der Waals surface area contributed by atoms with Crippen molar-refractivity contribution >= 4 is 70.9 Å². The van der Waals surface area contributed by atoms with Crippen LogP contribution in [0.1, 0.15) is 81.0 Å². The Morgan fingerprint density at radius 2 is 0.730 bits per heavy atom. The summed E-state index contributed by atoms with van der Waals surface area (Å²) in [7, 11) is 0. The molecule has 2 aliphatic heterocycles. The summed E-state index contributed by atoms with van der Waals surface area (Å²) in [6.45, 7) is 1.58. The number of carbonyl (C=O) groups excluding carboxylic acids is 6. The van der Waals surface area contributed by atoms with E-state index in [-0.39, 0.29) is 36.2 Å². The number of aliphatic hydroxyl groups is 6. The van der Waals surface area contributed by atoms with Crippen LogP contribution >= 0.6 is 23.5 Å². The molecule has 0 saturated carbocycles. The summed E-state index contributed by atoms with van der Waals surface area (Å²) < 4.78 is 23.2. The molecule has 2 fully saturated rings. The first kappa shape index (κ1) is 77.1. The molecule has 6 amide bonds. The van der Waals surface area contributed by atoms with E-state index in [1.807, 2.05) is 60.7 Å². The minimum Gasteiger partial charge on any atom is -0.477 e. The normalized spacial score (nSPS) is 21.6. The third-order valence-corrected chi connectivity index (χ3v) is 18.8. The zero-order valence-corrected chi connectivity index (χ0v) is 56.6. The average Bonchev–Trinajstić information content (AvgIpc) is 0.772. The minimum atomic E-state index is -2.48. The summed E-state index contributed by atoms with van der Waals surface area (Å²) >= 11 is 2.91. The van der Waals surface area contributed by atoms with Crippen LogP contribution in [-0.2, 0) is 38.1 Å². The fourth-order valence-corrected chi connectivity index (χ4v) is 12.9. The number of carboxylic acids is 2. The van der Waals surface area contributed by atoms with Gasteiger partial charge in [0.1, 0.15) is 24.4 Å². The number of aliphatic carboxylic acids is 2. The van der Waals surface area contributed by atoms with Crippen LogP contribution in [0.25, 0.3) is 33.4 Å². The van der Waals surface area contributed by atoms with Gasteiger partial charge >= 0.3 is 11.9 Å². The first-order chi connectivity index (χ1) is 48.0. The maximum absolute atomic E-state index is 13.0. The van der Waals surface area contributed by atoms with Gasteiger partial charge in [0, 0.05) is 86.6 Å². The smallest absolute Gasteiger partial charge is 0.364 e. The maximum atomic E-state index is 13.0. The summed E-state index contributed by atoms with van der Waals surface area (Å²) in [5.74, 6) is -9.26. The van der Waals surface area contributed by atoms with Crippen LogP contribution in [-0.4, -0.2) is 223 Å². The molecule has 0 aromatic heterocycles. The van der Waals surface area contributed by atoms with Crippen LogP contribution in [0.15, 0.2) is 158 Å². The Balaban J connectivity index is 0.704. The molecule has 12 atom stereocenters. The van der Waals surface area contributed by atoms with Crippen molar-refractivity contribution in [2.45, 2.75) is 112 Å². The van der Waals surface area contributed by atoms with E-state index in [0.717, 1.165) is 47.2 Å². The highest BCUT2D eigenvalue weighted by Crippen LogP contribution is 2.36. The highest BCUT2D eigenvalue weighted by molar-refractivity contribution is 7.99. The van der Waals surface area contributed by atoms with E-state index in [1.54, 1.807) is 97.1 Å². The number of hydrogen-bond donors (Lipinski definition) is 14. The first-order valence-corrected chi connectivity index (χ1v) is 34.8. The SMILES string of the molecule is CC(=O)N[C@@H]1[C@@H](O)C[C@](OCCCSCCNC(=O)c2ccc(-c3ccc(C(=O)NCCSCCCO[C@]4(C(=O)O)C[C@H](O)[C@@H](NC(C)=O)[C@H](C(O)[C@H](O)CNC(=O)c5ccc(-c6ccccc6)cc5)O4)cc3)cc2)(C(=O)O)O[C@H]1C(O)[C@H](O)CNC(=O)c1ccc(-c2ccccc2)cc1. The maximum Gasteiger partial charge on any atom is 0.364 e. The van der Waals surface area contributed by atoms with Crippen molar-refractivity contribution in [1.82, 2.24) is 31.9 Å². The molecule has 0 aliphatic carbocycles. The van der Waals surface area contributed by atoms with Crippen LogP contribution in [0, 0.1) is 0 Å². The van der Waals surface area contributed by atoms with Crippen LogP contribution in [0.5, 0.6) is 0 Å². The number of carbonyl (C=O) groups is 8. The third kappa shape index (κ3) is 21.2. The van der Waals surface area contributed by atoms with Crippen molar-refractivity contribution in [3.05, 3.63) is 180 Å². The van der Waals surface area contributed by atoms with Gasteiger partial charge in [0.25, 0.3) is 35.2 Å². The van der Waals surface area contributed by atoms with Gasteiger partial charge in [-0.3, -0.25) is 28.8 Å². The molecule has 0 bridgehead atoms. The number of benzene rings is 6. The van der Waals surface area contributed by atoms with Gasteiger partial charge in [-0.05, 0) is 106 Å². The van der Waals surface area contributed by atoms with Gasteiger partial charge in [0.05, 0.1) is 49.7 Å². The lowest BCUT2D eigenvalue weighted by atomic mass is 9.88. The summed E-state index contributed by atoms with van der Waals surface area (Å²) in [6.07, 6.45) is -14.5. The van der Waals surface area contributed by atoms with Gasteiger partial charge in [-0.15, -0.1) is 0 Å². The van der Waals surface area contributed by atoms with Crippen LogP contribution in [0.4, 0.5) is 0 Å². The van der Waals surface area contributed by atoms with Gasteiger partial charge in [-0.1, -0.05) is 109 Å². The number of nitrogens with one attached hydrogen (secondary N) is 6. The minimum absolute atomic E-state index is 0.165. The van der Waals surface area contributed by atoms with Gasteiger partial charge < -0.3 is 91.7 Å². The quantitative estimate of drug-likeness (QED) is 0.0253. The molecule has 0 spiro atoms. The predicted molar refractivity (Wildman–Crippen MR) is 372 cm³/mol. The molecule has 0 radical (unpaired) electrons. The number of aliphatic hydroxyl groups excluding tert-OH is 6. The molecular weight excluding hydrogens is 1330 g/mol. The Labute approximate surface area is 585 Å². The van der Waals surface area contributed by atoms with Gasteiger partial charge in [0.2, 0.25) is 11.8 Å². The molecule has 2 heterocycles. The highest BCUT2D eigenvalue weighted by atomic mass is 32.2. The molecule has 2 saturated heterocycles. The fraction of sp³-hybridized carbons (Fsp3) is 0.389. The van der Waals surface area contributed by atoms with E-state index < -0.39 is 134 Å². The lowest BCUT2D eigenvalue weighted by molar-refractivity contribution is -0.310. The first-order valence-electron chi connectivity index (χ1n) is 32.5. The molecule has 2 unspecified atom stereocenters. The third-order valence-electron chi connectivity index (χ3n) is 16.7. The van der Waals surface area contributed by atoms with E-state index in [9.17, 15) is 79.2 Å². The van der Waals surface area contributed by atoms with Gasteiger partial charge in [-0.2, -0.15) is 23.5 Å². The number of thioether (sulfide) groups is 2. The van der Waals surface area contributed by atoms with Crippen molar-refractivity contribution < 1.29 is 98.2 Å². The van der Waals surface area contributed by atoms with Gasteiger partial charge in [-0.25, -0.2) is 9.59 Å². The van der Waals surface area contributed by atoms with Crippen molar-refractivity contribution in [1.29, 1.82) is 0 Å². The molecular formula is C72H84N6O20S2. The highest BCUT2D eigenvalue weighted by Gasteiger charge is 2.57. The second-order valence-corrected chi connectivity index (χ2v) is 26.4. The lowest BCUT2D eigenvalue weighted by Crippen LogP contribution is -2.68. The van der Waals surface area contributed by atoms with Crippen molar-refractivity contribution in [3.8, 4) is 33.4 Å². The number of carboxylic acid groups (broad SMARTS) is 2. The standard InChI is InChI=1S/C72H84N6O20S2/c1-43(79)77-59-55(81)39-71(69(91)92,97-63(59)61(85)57(83)41-75-67(89)53-27-15-47(16-28-53)45-11-5-3-6-12-45)95-33-9-35-99-37-31-73-65(87)51-23-19-49(20-24-51)50-21-25-52(26-22-50)66(88)74-32-38-100-36-10-34-96-72(70(93)94)40-56(82)60(78-44(2)80)64(98-72)62(86)58(84)42-76-68(90)54-29-17-48(18-30-54)46-13-7-4-8-14-46/h3-8,11-30,55-64,81-86H,9-10,31-42H2,1-2H3,(H,73,87)(H,74,88)(H,75,89)(H,76,90)(H,77,79)(H,78,80)(H,91,92)(H,93,94)/t55-,56-,57+,58+,59+,60+,61?,62?,63+,64+,71+,72+/m0/s1. The van der Waals surface area contributed by atoms with E-state index in [1.165, 1.54) is 23.5 Å². The second kappa shape index (κ2) is 37.2. The number of ether oxygens (including phenoxy) is 4. The molecule has 6 aromatic carbocycles. The van der Waals surface area contributed by atoms with Crippen molar-refractivity contribution in [3.63, 3.8) is 0 Å². The summed E-state index contributed by atoms with van der Waals surface area (Å²) in [4.78, 5) is 102. The Kier molecular flexibility index (Phi) is 28.7. The molecule has 8 rings (SSSR count). The van der Waals surface area contributed by atoms with Crippen molar-refractivity contribution in [2.24, 2.45) is 0 Å². The summed E-state index contributed by atoms with van der Waals surface area (Å²) in [6, 6.07) is 43.6. The molecule has 100 heavy (non-hydrogen) atoms. The monoisotopic (exact) mass is 1420 g/mol. The van der Waals surface area contributed by atoms with E-state index in [0.29, 0.717) is 60.1 Å². The topological polar surface area (TPSA) is 408 Å². The second-order valence-electron chi connectivity index (χ2n) is 24.0. The van der Waals surface area contributed by atoms with Gasteiger partial charge in [0.15, 0.2) is 0 Å². The molecule has 6 aromatic rings. The molecule has 2 aliphatic rings. The number of hydrogen-bond acceptors (Lipinski definition) is 20. The predicted octanol–water partition coefficient (Wildman–Crippen LogP) is 3.60. The van der Waals surface area contributed by atoms with Crippen LogP contribution in [0.3, 0.4) is 0 Å². The zero-order chi connectivity index (χ0) is 71.9. The lowest BCUT2D eigenvalue weighted by Gasteiger charge is -2.46. The van der Waals surface area contributed by atoms with Crippen LogP contribution < -0.4 is 31.9 Å². The van der Waals surface area contributed by atoms with E-state index in [2.05, 4.69) is 31.9 Å². The Morgan fingerprint density at radius 1 is 0.440 bits per heavy atom. The van der Waals surface area contributed by atoms with Crippen molar-refractivity contribution in [2.75, 3.05) is 62.4 Å².